The molecule has 1 N–H and O–H groups in total. The monoisotopic (exact) mass is 422 g/mol. The molecule has 0 spiro atoms. The van der Waals surface area contributed by atoms with Crippen molar-refractivity contribution in [2.75, 3.05) is 24.2 Å². The molecule has 0 bridgehead atoms. The fourth-order valence-corrected chi connectivity index (χ4v) is 4.08. The number of amides is 1. The average Bonchev–Trinajstić information content (AvgIpc) is 3.22. The summed E-state index contributed by atoms with van der Waals surface area (Å²) < 4.78 is 23.1. The Labute approximate surface area is 175 Å². The van der Waals surface area contributed by atoms with E-state index in [-0.39, 0.29) is 16.8 Å². The summed E-state index contributed by atoms with van der Waals surface area (Å²) in [5, 5.41) is 3.01. The lowest BCUT2D eigenvalue weighted by Crippen LogP contribution is -2.37. The molecule has 1 unspecified atom stereocenters. The second kappa shape index (κ2) is 8.23. The first-order valence-corrected chi connectivity index (χ1v) is 11.5. The quantitative estimate of drug-likeness (QED) is 0.679. The fourth-order valence-electron chi connectivity index (χ4n) is 3.45. The molecule has 1 saturated heterocycles. The summed E-state index contributed by atoms with van der Waals surface area (Å²) in [4.78, 5) is 23.9. The van der Waals surface area contributed by atoms with Gasteiger partial charge >= 0.3 is 0 Å². The molecule has 30 heavy (non-hydrogen) atoms. The zero-order valence-corrected chi connectivity index (χ0v) is 17.3. The number of benzene rings is 2. The van der Waals surface area contributed by atoms with Gasteiger partial charge in [0.15, 0.2) is 9.84 Å². The molecule has 1 aliphatic rings. The predicted octanol–water partition coefficient (Wildman–Crippen LogP) is 2.56. The number of anilines is 1. The van der Waals surface area contributed by atoms with Gasteiger partial charge in [-0.25, -0.2) is 18.4 Å². The van der Waals surface area contributed by atoms with Crippen molar-refractivity contribution in [2.24, 2.45) is 0 Å². The van der Waals surface area contributed by atoms with Gasteiger partial charge in [-0.05, 0) is 36.8 Å². The number of rotatable bonds is 5. The Bertz CT molecular complexity index is 1150. The number of nitrogens with zero attached hydrogens (tertiary/aromatic N) is 3. The second-order valence-electron chi connectivity index (χ2n) is 7.31. The number of carbonyl (C=O) groups is 1. The lowest BCUT2D eigenvalue weighted by atomic mass is 10.1. The summed E-state index contributed by atoms with van der Waals surface area (Å²) in [6.07, 6.45) is 3.68. The summed E-state index contributed by atoms with van der Waals surface area (Å²) in [7, 11) is -3.28. The van der Waals surface area contributed by atoms with E-state index in [1.54, 1.807) is 6.20 Å². The lowest BCUT2D eigenvalue weighted by molar-refractivity contribution is 0.0940. The van der Waals surface area contributed by atoms with E-state index in [1.165, 1.54) is 24.3 Å². The molecule has 2 heterocycles. The van der Waals surface area contributed by atoms with Crippen LogP contribution in [-0.4, -0.2) is 49.7 Å². The summed E-state index contributed by atoms with van der Waals surface area (Å²) in [5.74, 6) is 0.423. The molecule has 1 amide bonds. The highest BCUT2D eigenvalue weighted by atomic mass is 32.2. The molecule has 8 heteroatoms. The molecule has 4 rings (SSSR count). The molecular formula is C22H22N4O3S. The Morgan fingerprint density at radius 3 is 2.50 bits per heavy atom. The van der Waals surface area contributed by atoms with E-state index in [4.69, 9.17) is 0 Å². The van der Waals surface area contributed by atoms with Gasteiger partial charge in [0.05, 0.1) is 10.6 Å². The maximum Gasteiger partial charge on any atom is 0.251 e. The standard InChI is InChI=1S/C22H22N4O3S/c1-30(28,29)19-9-7-17(8-10-19)21(27)24-18-12-14-26(15-18)22-23-13-11-20(25-22)16-5-3-2-4-6-16/h2-11,13,18H,12,14-15H2,1H3,(H,24,27). The number of aromatic nitrogens is 2. The molecule has 1 fully saturated rings. The van der Waals surface area contributed by atoms with E-state index in [0.29, 0.717) is 18.1 Å². The van der Waals surface area contributed by atoms with Crippen LogP contribution in [0.4, 0.5) is 5.95 Å². The van der Waals surface area contributed by atoms with Crippen molar-refractivity contribution in [1.29, 1.82) is 0 Å². The molecule has 0 saturated carbocycles. The van der Waals surface area contributed by atoms with Crippen LogP contribution in [0.25, 0.3) is 11.3 Å². The number of sulfone groups is 1. The van der Waals surface area contributed by atoms with Crippen LogP contribution in [0.3, 0.4) is 0 Å². The smallest absolute Gasteiger partial charge is 0.251 e. The van der Waals surface area contributed by atoms with Gasteiger partial charge in [-0.15, -0.1) is 0 Å². The largest absolute Gasteiger partial charge is 0.347 e. The van der Waals surface area contributed by atoms with Crippen LogP contribution in [0.1, 0.15) is 16.8 Å². The van der Waals surface area contributed by atoms with Crippen LogP contribution in [-0.2, 0) is 9.84 Å². The van der Waals surface area contributed by atoms with Crippen LogP contribution in [0.15, 0.2) is 71.8 Å². The van der Waals surface area contributed by atoms with Crippen molar-refractivity contribution >= 4 is 21.7 Å². The third kappa shape index (κ3) is 4.49. The van der Waals surface area contributed by atoms with E-state index >= 15 is 0 Å². The molecule has 0 aliphatic carbocycles. The van der Waals surface area contributed by atoms with E-state index in [1.807, 2.05) is 36.4 Å². The molecule has 3 aromatic rings. The van der Waals surface area contributed by atoms with Gasteiger partial charge in [0.1, 0.15) is 0 Å². The molecule has 2 aromatic carbocycles. The van der Waals surface area contributed by atoms with Gasteiger partial charge < -0.3 is 10.2 Å². The van der Waals surface area contributed by atoms with Crippen LogP contribution in [0, 0.1) is 0 Å². The van der Waals surface area contributed by atoms with Crippen molar-refractivity contribution in [2.45, 2.75) is 17.4 Å². The SMILES string of the molecule is CS(=O)(=O)c1ccc(C(=O)NC2CCN(c3nccc(-c4ccccc4)n3)C2)cc1. The number of carbonyl (C=O) groups excluding carboxylic acids is 1. The fraction of sp³-hybridized carbons (Fsp3) is 0.227. The third-order valence-electron chi connectivity index (χ3n) is 5.06. The molecular weight excluding hydrogens is 400 g/mol. The van der Waals surface area contributed by atoms with Crippen molar-refractivity contribution in [3.05, 3.63) is 72.4 Å². The normalized spacial score (nSPS) is 16.4. The first-order valence-electron chi connectivity index (χ1n) is 9.64. The summed E-state index contributed by atoms with van der Waals surface area (Å²) in [6, 6.07) is 17.8. The number of nitrogens with one attached hydrogen (secondary N) is 1. The first kappa shape index (κ1) is 20.0. The molecule has 1 aromatic heterocycles. The zero-order valence-electron chi connectivity index (χ0n) is 16.5. The minimum absolute atomic E-state index is 0.0314. The van der Waals surface area contributed by atoms with Crippen LogP contribution in [0.2, 0.25) is 0 Å². The minimum Gasteiger partial charge on any atom is -0.347 e. The van der Waals surface area contributed by atoms with E-state index < -0.39 is 9.84 Å². The molecule has 7 nitrogen and oxygen atoms in total. The van der Waals surface area contributed by atoms with Gasteiger partial charge in [0.2, 0.25) is 5.95 Å². The Balaban J connectivity index is 1.41. The Morgan fingerprint density at radius 2 is 1.80 bits per heavy atom. The molecule has 154 valence electrons. The molecule has 0 radical (unpaired) electrons. The van der Waals surface area contributed by atoms with Gasteiger partial charge in [-0.2, -0.15) is 0 Å². The summed E-state index contributed by atoms with van der Waals surface area (Å²) >= 11 is 0. The maximum absolute atomic E-state index is 12.5. The van der Waals surface area contributed by atoms with Gasteiger partial charge in [-0.3, -0.25) is 4.79 Å². The van der Waals surface area contributed by atoms with E-state index in [0.717, 1.165) is 30.5 Å². The highest BCUT2D eigenvalue weighted by Crippen LogP contribution is 2.21. The average molecular weight is 423 g/mol. The zero-order chi connectivity index (χ0) is 21.1. The van der Waals surface area contributed by atoms with Crippen LogP contribution < -0.4 is 10.2 Å². The minimum atomic E-state index is -3.28. The van der Waals surface area contributed by atoms with Crippen molar-refractivity contribution in [3.8, 4) is 11.3 Å². The summed E-state index contributed by atoms with van der Waals surface area (Å²) in [6.45, 7) is 1.36. The van der Waals surface area contributed by atoms with Crippen molar-refractivity contribution in [3.63, 3.8) is 0 Å². The molecule has 1 aliphatic heterocycles. The van der Waals surface area contributed by atoms with Crippen molar-refractivity contribution in [1.82, 2.24) is 15.3 Å². The Hall–Kier alpha value is -3.26. The van der Waals surface area contributed by atoms with Gasteiger partial charge in [0.25, 0.3) is 5.91 Å². The summed E-state index contributed by atoms with van der Waals surface area (Å²) in [5.41, 5.74) is 2.32. The maximum atomic E-state index is 12.5. The predicted molar refractivity (Wildman–Crippen MR) is 115 cm³/mol. The Morgan fingerprint density at radius 1 is 1.07 bits per heavy atom. The topological polar surface area (TPSA) is 92.3 Å². The van der Waals surface area contributed by atoms with E-state index in [9.17, 15) is 13.2 Å². The number of hydrogen-bond acceptors (Lipinski definition) is 6. The highest BCUT2D eigenvalue weighted by molar-refractivity contribution is 7.90. The first-order chi connectivity index (χ1) is 14.4. The van der Waals surface area contributed by atoms with Crippen LogP contribution >= 0.6 is 0 Å². The Kier molecular flexibility index (Phi) is 5.50. The van der Waals surface area contributed by atoms with Crippen LogP contribution in [0.5, 0.6) is 0 Å². The van der Waals surface area contributed by atoms with Gasteiger partial charge in [-0.1, -0.05) is 30.3 Å². The number of hydrogen-bond donors (Lipinski definition) is 1. The molecule has 1 atom stereocenters. The highest BCUT2D eigenvalue weighted by Gasteiger charge is 2.26. The van der Waals surface area contributed by atoms with E-state index in [2.05, 4.69) is 20.2 Å². The second-order valence-corrected chi connectivity index (χ2v) is 9.33. The van der Waals surface area contributed by atoms with Gasteiger partial charge in [0, 0.05) is 42.7 Å². The lowest BCUT2D eigenvalue weighted by Gasteiger charge is -2.17. The van der Waals surface area contributed by atoms with Crippen molar-refractivity contribution < 1.29 is 13.2 Å². The third-order valence-corrected chi connectivity index (χ3v) is 6.19.